The summed E-state index contributed by atoms with van der Waals surface area (Å²) < 4.78 is 0. The molecule has 0 radical (unpaired) electrons. The van der Waals surface area contributed by atoms with Crippen LogP contribution in [0.2, 0.25) is 0 Å². The van der Waals surface area contributed by atoms with Crippen molar-refractivity contribution in [1.29, 1.82) is 5.26 Å². The van der Waals surface area contributed by atoms with Crippen LogP contribution in [0.5, 0.6) is 0 Å². The van der Waals surface area contributed by atoms with E-state index in [0.29, 0.717) is 11.4 Å². The second-order valence-corrected chi connectivity index (χ2v) is 13.6. The van der Waals surface area contributed by atoms with Crippen LogP contribution in [0.1, 0.15) is 30.5 Å². The van der Waals surface area contributed by atoms with Gasteiger partial charge >= 0.3 is 0 Å². The molecular formula is C47H32N4. The highest BCUT2D eigenvalue weighted by molar-refractivity contribution is 5.96. The molecule has 2 heterocycles. The van der Waals surface area contributed by atoms with Crippen molar-refractivity contribution >= 4 is 10.8 Å². The van der Waals surface area contributed by atoms with Gasteiger partial charge in [-0.3, -0.25) is 4.98 Å². The van der Waals surface area contributed by atoms with Crippen molar-refractivity contribution < 1.29 is 0 Å². The molecule has 9 rings (SSSR count). The minimum Gasteiger partial charge on any atom is -0.256 e. The summed E-state index contributed by atoms with van der Waals surface area (Å²) in [6.07, 6.45) is 1.89. The predicted molar refractivity (Wildman–Crippen MR) is 207 cm³/mol. The highest BCUT2D eigenvalue weighted by Gasteiger charge is 2.36. The highest BCUT2D eigenvalue weighted by Crippen LogP contribution is 2.50. The predicted octanol–water partition coefficient (Wildman–Crippen LogP) is 11.5. The summed E-state index contributed by atoms with van der Waals surface area (Å²) in [5.74, 6) is 0.677. The van der Waals surface area contributed by atoms with Gasteiger partial charge in [0.2, 0.25) is 0 Å². The van der Waals surface area contributed by atoms with Crippen molar-refractivity contribution in [3.8, 4) is 73.5 Å². The molecule has 0 saturated heterocycles. The van der Waals surface area contributed by atoms with Crippen molar-refractivity contribution in [1.82, 2.24) is 15.0 Å². The molecule has 2 aromatic heterocycles. The Bertz CT molecular complexity index is 2610. The normalized spacial score (nSPS) is 12.6. The fourth-order valence-electron chi connectivity index (χ4n) is 7.48. The molecule has 240 valence electrons. The first-order chi connectivity index (χ1) is 25.0. The topological polar surface area (TPSA) is 62.5 Å². The van der Waals surface area contributed by atoms with Gasteiger partial charge in [-0.05, 0) is 87.3 Å². The van der Waals surface area contributed by atoms with Crippen LogP contribution in [-0.4, -0.2) is 15.0 Å². The molecule has 0 N–H and O–H groups in total. The van der Waals surface area contributed by atoms with Gasteiger partial charge in [0.1, 0.15) is 0 Å². The standard InChI is InChI=1S/C47H32N4/c1-47(2)41-23-30(29-48)17-19-39(41)40-20-18-34(27-42(40)47)35-24-36(26-37(25-35)45-38-16-10-9-11-31(38)21-22-49-45)44-28-43(32-12-5-3-6-13-32)50-46(51-44)33-14-7-4-8-15-33/h3-28H,1-2H3. The van der Waals surface area contributed by atoms with E-state index in [9.17, 15) is 5.26 Å². The molecule has 1 aliphatic rings. The number of fused-ring (bicyclic) bond motifs is 4. The number of aromatic nitrogens is 3. The van der Waals surface area contributed by atoms with E-state index >= 15 is 0 Å². The smallest absolute Gasteiger partial charge is 0.160 e. The fraction of sp³-hybridized carbons (Fsp3) is 0.0638. The summed E-state index contributed by atoms with van der Waals surface area (Å²) in [6, 6.07) is 54.9. The fourth-order valence-corrected chi connectivity index (χ4v) is 7.48. The van der Waals surface area contributed by atoms with E-state index < -0.39 is 0 Å². The molecule has 0 spiro atoms. The monoisotopic (exact) mass is 652 g/mol. The number of nitriles is 1. The van der Waals surface area contributed by atoms with E-state index in [1.54, 1.807) is 0 Å². The lowest BCUT2D eigenvalue weighted by Crippen LogP contribution is -2.15. The Balaban J connectivity index is 1.27. The lowest BCUT2D eigenvalue weighted by molar-refractivity contribution is 0.660. The van der Waals surface area contributed by atoms with E-state index in [4.69, 9.17) is 15.0 Å². The molecule has 8 aromatic rings. The van der Waals surface area contributed by atoms with Crippen molar-refractivity contribution in [3.63, 3.8) is 0 Å². The number of hydrogen-bond acceptors (Lipinski definition) is 4. The third-order valence-electron chi connectivity index (χ3n) is 10.1. The maximum Gasteiger partial charge on any atom is 0.160 e. The Labute approximate surface area is 297 Å². The summed E-state index contributed by atoms with van der Waals surface area (Å²) in [5, 5.41) is 11.9. The average Bonchev–Trinajstić information content (AvgIpc) is 3.42. The number of nitrogens with zero attached hydrogens (tertiary/aromatic N) is 4. The SMILES string of the molecule is CC1(C)c2cc(C#N)ccc2-c2ccc(-c3cc(-c4cc(-c5ccccc5)nc(-c5ccccc5)n4)cc(-c4nccc5ccccc45)c3)cc21. The van der Waals surface area contributed by atoms with Crippen LogP contribution >= 0.6 is 0 Å². The van der Waals surface area contributed by atoms with Crippen LogP contribution in [0.3, 0.4) is 0 Å². The summed E-state index contributed by atoms with van der Waals surface area (Å²) in [7, 11) is 0. The second-order valence-electron chi connectivity index (χ2n) is 13.6. The van der Waals surface area contributed by atoms with Gasteiger partial charge in [0.05, 0.1) is 28.7 Å². The largest absolute Gasteiger partial charge is 0.256 e. The Morgan fingerprint density at radius 3 is 1.90 bits per heavy atom. The quantitative estimate of drug-likeness (QED) is 0.186. The third-order valence-corrected chi connectivity index (χ3v) is 10.1. The Morgan fingerprint density at radius 2 is 1.14 bits per heavy atom. The van der Waals surface area contributed by atoms with Crippen LogP contribution in [0.4, 0.5) is 0 Å². The maximum atomic E-state index is 9.65. The summed E-state index contributed by atoms with van der Waals surface area (Å²) in [6.45, 7) is 4.50. The van der Waals surface area contributed by atoms with Gasteiger partial charge < -0.3 is 0 Å². The molecule has 0 atom stereocenters. The molecule has 0 fully saturated rings. The first-order valence-electron chi connectivity index (χ1n) is 17.2. The zero-order chi connectivity index (χ0) is 34.5. The van der Waals surface area contributed by atoms with Crippen LogP contribution in [0.25, 0.3) is 78.2 Å². The number of hydrogen-bond donors (Lipinski definition) is 0. The lowest BCUT2D eigenvalue weighted by Gasteiger charge is -2.22. The Hall–Kier alpha value is -6.70. The van der Waals surface area contributed by atoms with Gasteiger partial charge in [0, 0.05) is 39.3 Å². The molecular weight excluding hydrogens is 621 g/mol. The number of rotatable bonds is 5. The van der Waals surface area contributed by atoms with Gasteiger partial charge in [0.25, 0.3) is 0 Å². The average molecular weight is 653 g/mol. The van der Waals surface area contributed by atoms with E-state index in [1.165, 1.54) is 22.3 Å². The van der Waals surface area contributed by atoms with Crippen molar-refractivity contribution in [2.24, 2.45) is 0 Å². The molecule has 0 unspecified atom stereocenters. The molecule has 6 aromatic carbocycles. The third kappa shape index (κ3) is 5.28. The first-order valence-corrected chi connectivity index (χ1v) is 17.2. The van der Waals surface area contributed by atoms with Crippen LogP contribution in [0.15, 0.2) is 158 Å². The Morgan fingerprint density at radius 1 is 0.510 bits per heavy atom. The zero-order valence-corrected chi connectivity index (χ0v) is 28.3. The van der Waals surface area contributed by atoms with E-state index in [0.717, 1.165) is 61.2 Å². The Kier molecular flexibility index (Phi) is 7.15. The molecule has 51 heavy (non-hydrogen) atoms. The van der Waals surface area contributed by atoms with E-state index in [1.807, 2.05) is 54.7 Å². The zero-order valence-electron chi connectivity index (χ0n) is 28.3. The van der Waals surface area contributed by atoms with E-state index in [-0.39, 0.29) is 5.41 Å². The van der Waals surface area contributed by atoms with Crippen LogP contribution in [0, 0.1) is 11.3 Å². The molecule has 4 nitrogen and oxygen atoms in total. The molecule has 4 heteroatoms. The van der Waals surface area contributed by atoms with Gasteiger partial charge in [0.15, 0.2) is 5.82 Å². The lowest BCUT2D eigenvalue weighted by atomic mass is 9.81. The summed E-state index contributed by atoms with van der Waals surface area (Å²) in [4.78, 5) is 15.2. The van der Waals surface area contributed by atoms with Crippen molar-refractivity contribution in [2.45, 2.75) is 19.3 Å². The first kappa shape index (κ1) is 30.4. The van der Waals surface area contributed by atoms with Gasteiger partial charge in [-0.1, -0.05) is 117 Å². The number of pyridine rings is 1. The second kappa shape index (κ2) is 12.0. The van der Waals surface area contributed by atoms with Crippen molar-refractivity contribution in [2.75, 3.05) is 0 Å². The van der Waals surface area contributed by atoms with Gasteiger partial charge in [-0.15, -0.1) is 0 Å². The van der Waals surface area contributed by atoms with Crippen LogP contribution in [-0.2, 0) is 5.41 Å². The number of benzene rings is 6. The van der Waals surface area contributed by atoms with Gasteiger partial charge in [-0.2, -0.15) is 5.26 Å². The molecule has 0 bridgehead atoms. The molecule has 0 saturated carbocycles. The van der Waals surface area contributed by atoms with Crippen LogP contribution < -0.4 is 0 Å². The molecule has 1 aliphatic carbocycles. The summed E-state index contributed by atoms with van der Waals surface area (Å²) in [5.41, 5.74) is 14.1. The maximum absolute atomic E-state index is 9.65. The summed E-state index contributed by atoms with van der Waals surface area (Å²) >= 11 is 0. The minimum absolute atomic E-state index is 0.257. The minimum atomic E-state index is -0.257. The molecule has 0 aliphatic heterocycles. The van der Waals surface area contributed by atoms with Gasteiger partial charge in [-0.25, -0.2) is 9.97 Å². The van der Waals surface area contributed by atoms with E-state index in [2.05, 4.69) is 123 Å². The highest BCUT2D eigenvalue weighted by atomic mass is 14.9. The molecule has 0 amide bonds. The van der Waals surface area contributed by atoms with Crippen molar-refractivity contribution in [3.05, 3.63) is 175 Å².